The SMILES string of the molecule is CC(C)(C)c1ccc(-c2ccc3c(c2)c2cccc4c5ccc6c(c5n3c24)Oc2cc(-c3ccccc3)cc3c2B6c2ccc4c5cccc6c7cc(-c8ccc(C(C)(C)C)cc8)ccc7n(c4c2O3)c65)cc1. The number of ether oxygens (including phenoxy) is 2. The van der Waals surface area contributed by atoms with Gasteiger partial charge in [0.1, 0.15) is 23.0 Å². The molecule has 6 heterocycles. The number of para-hydroxylation sites is 2. The van der Waals surface area contributed by atoms with Crippen molar-refractivity contribution in [1.29, 1.82) is 0 Å². The van der Waals surface area contributed by atoms with Gasteiger partial charge in [0, 0.05) is 48.6 Å². The van der Waals surface area contributed by atoms with Crippen LogP contribution < -0.4 is 25.9 Å². The molecule has 0 bridgehead atoms. The average Bonchev–Trinajstić information content (AvgIpc) is 4.17. The number of benzene rings is 10. The van der Waals surface area contributed by atoms with E-state index < -0.39 is 0 Å². The highest BCUT2D eigenvalue weighted by molar-refractivity contribution is 6.98. The molecule has 0 amide bonds. The van der Waals surface area contributed by atoms with Crippen LogP contribution in [-0.2, 0) is 10.8 Å². The second-order valence-corrected chi connectivity index (χ2v) is 22.8. The van der Waals surface area contributed by atoms with Gasteiger partial charge < -0.3 is 18.3 Å². The monoisotopic (exact) mass is 936 g/mol. The van der Waals surface area contributed by atoms with Crippen molar-refractivity contribution in [2.24, 2.45) is 0 Å². The Morgan fingerprint density at radius 2 is 0.726 bits per heavy atom. The van der Waals surface area contributed by atoms with Gasteiger partial charge in [0.15, 0.2) is 0 Å². The highest BCUT2D eigenvalue weighted by atomic mass is 16.5. The fourth-order valence-corrected chi connectivity index (χ4v) is 13.0. The van der Waals surface area contributed by atoms with E-state index in [4.69, 9.17) is 9.47 Å². The molecule has 5 heteroatoms. The van der Waals surface area contributed by atoms with Crippen LogP contribution in [0.2, 0.25) is 0 Å². The summed E-state index contributed by atoms with van der Waals surface area (Å²) in [6.45, 7) is 13.5. The molecule has 0 N–H and O–H groups in total. The Hall–Kier alpha value is -8.54. The zero-order valence-corrected chi connectivity index (χ0v) is 41.7. The van der Waals surface area contributed by atoms with Gasteiger partial charge in [-0.1, -0.05) is 193 Å². The van der Waals surface area contributed by atoms with Crippen molar-refractivity contribution in [3.8, 4) is 56.4 Å². The highest BCUT2D eigenvalue weighted by Crippen LogP contribution is 2.49. The first-order valence-electron chi connectivity index (χ1n) is 25.8. The lowest BCUT2D eigenvalue weighted by atomic mass is 9.34. The molecular formula is C68H49BN2O2. The zero-order chi connectivity index (χ0) is 48.8. The molecule has 346 valence electrons. The topological polar surface area (TPSA) is 27.3 Å². The summed E-state index contributed by atoms with van der Waals surface area (Å²) >= 11 is 0. The molecule has 2 aliphatic heterocycles. The zero-order valence-electron chi connectivity index (χ0n) is 41.7. The van der Waals surface area contributed by atoms with Gasteiger partial charge in [-0.3, -0.25) is 0 Å². The number of fused-ring (bicyclic) bond motifs is 18. The van der Waals surface area contributed by atoms with Crippen molar-refractivity contribution in [2.45, 2.75) is 52.4 Å². The van der Waals surface area contributed by atoms with Gasteiger partial charge in [0.05, 0.1) is 33.1 Å². The molecule has 14 aromatic rings. The molecule has 0 radical (unpaired) electrons. The first kappa shape index (κ1) is 41.1. The lowest BCUT2D eigenvalue weighted by molar-refractivity contribution is 0.469. The largest absolute Gasteiger partial charge is 0.456 e. The first-order chi connectivity index (χ1) is 35.5. The highest BCUT2D eigenvalue weighted by Gasteiger charge is 2.43. The van der Waals surface area contributed by atoms with Gasteiger partial charge in [-0.2, -0.15) is 0 Å². The van der Waals surface area contributed by atoms with E-state index in [1.54, 1.807) is 0 Å². The Bertz CT molecular complexity index is 4390. The van der Waals surface area contributed by atoms with Crippen LogP contribution in [0.25, 0.3) is 110 Å². The molecule has 0 atom stereocenters. The third-order valence-electron chi connectivity index (χ3n) is 16.6. The summed E-state index contributed by atoms with van der Waals surface area (Å²) in [5.41, 5.74) is 20.3. The van der Waals surface area contributed by atoms with E-state index >= 15 is 0 Å². The average molecular weight is 937 g/mol. The number of hydrogen-bond donors (Lipinski definition) is 0. The normalized spacial score (nSPS) is 13.5. The van der Waals surface area contributed by atoms with E-state index in [0.717, 1.165) is 61.5 Å². The Balaban J connectivity index is 0.940. The molecule has 10 aromatic carbocycles. The van der Waals surface area contributed by atoms with Gasteiger partial charge in [-0.05, 0) is 103 Å². The van der Waals surface area contributed by atoms with E-state index in [0.29, 0.717) is 0 Å². The van der Waals surface area contributed by atoms with Gasteiger partial charge in [0.2, 0.25) is 0 Å². The van der Waals surface area contributed by atoms with Crippen molar-refractivity contribution in [1.82, 2.24) is 8.80 Å². The Labute approximate surface area is 423 Å². The maximum Gasteiger partial charge on any atom is 0.260 e. The summed E-state index contributed by atoms with van der Waals surface area (Å²) in [6, 6.07) is 70.3. The fraction of sp³-hybridized carbons (Fsp3) is 0.118. The Kier molecular flexibility index (Phi) is 7.95. The lowest BCUT2D eigenvalue weighted by Crippen LogP contribution is -2.57. The second kappa shape index (κ2) is 14.1. The van der Waals surface area contributed by atoms with Crippen LogP contribution in [0, 0.1) is 0 Å². The molecule has 0 aliphatic carbocycles. The molecule has 73 heavy (non-hydrogen) atoms. The first-order valence-corrected chi connectivity index (χ1v) is 25.8. The lowest BCUT2D eigenvalue weighted by Gasteiger charge is -2.34. The summed E-state index contributed by atoms with van der Waals surface area (Å²) in [5.74, 6) is 3.46. The molecule has 2 aliphatic rings. The molecule has 0 spiro atoms. The molecule has 0 saturated carbocycles. The number of nitrogens with zero attached hydrogens (tertiary/aromatic N) is 2. The number of hydrogen-bond acceptors (Lipinski definition) is 2. The summed E-state index contributed by atoms with van der Waals surface area (Å²) in [4.78, 5) is 0. The fourth-order valence-electron chi connectivity index (χ4n) is 13.0. The third-order valence-corrected chi connectivity index (χ3v) is 16.6. The maximum absolute atomic E-state index is 7.46. The maximum atomic E-state index is 7.46. The Morgan fingerprint density at radius 3 is 1.16 bits per heavy atom. The van der Waals surface area contributed by atoms with Crippen LogP contribution in [0.3, 0.4) is 0 Å². The summed E-state index contributed by atoms with van der Waals surface area (Å²) in [7, 11) is 0. The summed E-state index contributed by atoms with van der Waals surface area (Å²) in [5, 5.41) is 9.81. The van der Waals surface area contributed by atoms with E-state index in [9.17, 15) is 0 Å². The summed E-state index contributed by atoms with van der Waals surface area (Å²) < 4.78 is 19.9. The molecule has 0 fully saturated rings. The minimum Gasteiger partial charge on any atom is -0.456 e. The van der Waals surface area contributed by atoms with Gasteiger partial charge >= 0.3 is 0 Å². The minimum absolute atomic E-state index is 0.0945. The molecule has 16 rings (SSSR count). The van der Waals surface area contributed by atoms with Crippen molar-refractivity contribution < 1.29 is 9.47 Å². The second-order valence-electron chi connectivity index (χ2n) is 22.8. The van der Waals surface area contributed by atoms with Crippen molar-refractivity contribution >= 4 is 99.3 Å². The van der Waals surface area contributed by atoms with Crippen LogP contribution in [0.4, 0.5) is 0 Å². The molecule has 4 aromatic heterocycles. The van der Waals surface area contributed by atoms with Crippen LogP contribution in [0.1, 0.15) is 52.7 Å². The van der Waals surface area contributed by atoms with E-state index in [1.807, 2.05) is 0 Å². The van der Waals surface area contributed by atoms with Gasteiger partial charge in [0.25, 0.3) is 6.71 Å². The van der Waals surface area contributed by atoms with Gasteiger partial charge in [-0.15, -0.1) is 0 Å². The predicted octanol–water partition coefficient (Wildman–Crippen LogP) is 16.3. The summed E-state index contributed by atoms with van der Waals surface area (Å²) in [6.07, 6.45) is 0. The van der Waals surface area contributed by atoms with Crippen LogP contribution in [-0.4, -0.2) is 15.5 Å². The quantitative estimate of drug-likeness (QED) is 0.165. The molecule has 0 saturated heterocycles. The van der Waals surface area contributed by atoms with E-state index in [1.165, 1.54) is 98.5 Å². The van der Waals surface area contributed by atoms with Crippen molar-refractivity contribution in [3.63, 3.8) is 0 Å². The minimum atomic E-state index is -0.148. The van der Waals surface area contributed by atoms with E-state index in [2.05, 4.69) is 238 Å². The van der Waals surface area contributed by atoms with E-state index in [-0.39, 0.29) is 17.5 Å². The standard InChI is InChI=1S/C68H49BN2O2/c1-67(2,3)44-24-18-39(19-25-44)41-22-32-56-52(34-41)48-16-10-14-46-50-28-30-54-65(63(50)70(56)61(46)48)72-58-36-43(38-12-8-7-9-13-38)37-59-60(58)69(54)55-31-29-51-47-15-11-17-49-53-35-42(40-20-26-45(27-21-40)68(4,5)6)23-33-57(53)71(62(47)49)64(51)66(55)73-59/h7-37H,1-6H3. The predicted molar refractivity (Wildman–Crippen MR) is 307 cm³/mol. The Morgan fingerprint density at radius 1 is 0.329 bits per heavy atom. The number of rotatable bonds is 3. The third kappa shape index (κ3) is 5.57. The molecule has 0 unspecified atom stereocenters. The van der Waals surface area contributed by atoms with Crippen molar-refractivity contribution in [2.75, 3.05) is 0 Å². The van der Waals surface area contributed by atoms with Crippen LogP contribution >= 0.6 is 0 Å². The molecule has 4 nitrogen and oxygen atoms in total. The van der Waals surface area contributed by atoms with Crippen molar-refractivity contribution in [3.05, 3.63) is 199 Å². The van der Waals surface area contributed by atoms with Crippen LogP contribution in [0.5, 0.6) is 23.0 Å². The van der Waals surface area contributed by atoms with Gasteiger partial charge in [-0.25, -0.2) is 0 Å². The number of aromatic nitrogens is 2. The molecular weight excluding hydrogens is 888 g/mol. The van der Waals surface area contributed by atoms with Crippen LogP contribution in [0.15, 0.2) is 188 Å². The smallest absolute Gasteiger partial charge is 0.260 e.